The highest BCUT2D eigenvalue weighted by molar-refractivity contribution is 5.81. The molecule has 8 heterocycles. The van der Waals surface area contributed by atoms with E-state index in [9.17, 15) is 70.2 Å². The van der Waals surface area contributed by atoms with Gasteiger partial charge in [-0.2, -0.15) is 78.1 Å². The fourth-order valence-corrected chi connectivity index (χ4v) is 11.3. The van der Waals surface area contributed by atoms with Crippen LogP contribution in [0.25, 0.3) is 11.3 Å². The predicted molar refractivity (Wildman–Crippen MR) is 452 cm³/mol. The lowest BCUT2D eigenvalue weighted by Crippen LogP contribution is -2.05. The molecule has 41 heteroatoms. The molecule has 0 radical (unpaired) electrons. The number of benzene rings is 6. The zero-order valence-electron chi connectivity index (χ0n) is 66.0. The monoisotopic (exact) mass is 1770 g/mol. The van der Waals surface area contributed by atoms with Gasteiger partial charge in [-0.25, -0.2) is 74.2 Å². The molecule has 2 fully saturated rings. The van der Waals surface area contributed by atoms with Crippen molar-refractivity contribution in [3.05, 3.63) is 336 Å². The number of hydrazone groups is 4. The normalized spacial score (nSPS) is 12.7. The topological polar surface area (TPSA) is 312 Å². The van der Waals surface area contributed by atoms with Gasteiger partial charge in [-0.3, -0.25) is 19.9 Å². The van der Waals surface area contributed by atoms with Gasteiger partial charge in [-0.15, -0.1) is 0 Å². The second kappa shape index (κ2) is 41.5. The van der Waals surface area contributed by atoms with E-state index in [1.807, 2.05) is 12.1 Å². The fraction of sp³-hybridized carbons (Fsp3) is 0.126. The number of pyridine rings is 4. The van der Waals surface area contributed by atoms with E-state index in [2.05, 4.69) is 129 Å². The number of hydrogen-bond acceptors (Lipinski definition) is 25. The molecular formula is C87H67F16N25. The minimum Gasteiger partial charge on any atom is -0.354 e. The minimum atomic E-state index is -4.42. The molecule has 8 aromatic heterocycles. The van der Waals surface area contributed by atoms with E-state index in [0.717, 1.165) is 99.0 Å². The Hall–Kier alpha value is -16.0. The van der Waals surface area contributed by atoms with Crippen LogP contribution in [0.4, 0.5) is 151 Å². The summed E-state index contributed by atoms with van der Waals surface area (Å²) >= 11 is 0. The lowest BCUT2D eigenvalue weighted by molar-refractivity contribution is -0.138. The first kappa shape index (κ1) is 89.7. The van der Waals surface area contributed by atoms with Crippen molar-refractivity contribution in [2.45, 2.75) is 62.7 Å². The number of aromatic nitrogens is 12. The van der Waals surface area contributed by atoms with Crippen molar-refractivity contribution in [1.29, 1.82) is 0 Å². The van der Waals surface area contributed by atoms with Crippen molar-refractivity contribution in [3.63, 3.8) is 0 Å². The summed E-state index contributed by atoms with van der Waals surface area (Å²) in [4.78, 5) is 48.6. The first-order valence-corrected chi connectivity index (χ1v) is 38.2. The maximum Gasteiger partial charge on any atom is 0.416 e. The SMILES string of the molecule is Fc1cnc(N/N=C/c2ccc(Nc3cccc(C(F)(F)F)c3)cn2)nc1-c1ccccc1.Fc1cnc(N/N=C/c2ccc(Nc3cccc(C(F)(F)F)c3)cn2)nc1C1CC1.Fc1cnc(N/N=C/c2ccc(Nc3cccc(C(F)(F)F)c3)cn2)nc1CC1CC1.Fc1cnc(N/N=C/c2ccc(Nc3cccc(C(F)(F)F)c3)cn2)nc1Nc1ccccc1. The molecule has 0 unspecified atom stereocenters. The van der Waals surface area contributed by atoms with E-state index in [0.29, 0.717) is 91.9 Å². The van der Waals surface area contributed by atoms with Crippen molar-refractivity contribution in [1.82, 2.24) is 59.8 Å². The molecule has 0 saturated heterocycles. The first-order valence-electron chi connectivity index (χ1n) is 38.2. The van der Waals surface area contributed by atoms with Gasteiger partial charge in [0.25, 0.3) is 0 Å². The molecule has 6 aromatic carbocycles. The Labute approximate surface area is 716 Å². The average molecular weight is 1770 g/mol. The van der Waals surface area contributed by atoms with Gasteiger partial charge in [0, 0.05) is 39.9 Å². The Morgan fingerprint density at radius 1 is 0.297 bits per heavy atom. The van der Waals surface area contributed by atoms with Crippen LogP contribution in [0.1, 0.15) is 88.0 Å². The smallest absolute Gasteiger partial charge is 0.354 e. The van der Waals surface area contributed by atoms with Crippen LogP contribution in [0, 0.1) is 29.2 Å². The summed E-state index contributed by atoms with van der Waals surface area (Å²) in [5.41, 5.74) is 14.9. The largest absolute Gasteiger partial charge is 0.416 e. The van der Waals surface area contributed by atoms with E-state index >= 15 is 0 Å². The van der Waals surface area contributed by atoms with Crippen LogP contribution < -0.4 is 48.3 Å². The van der Waals surface area contributed by atoms with Gasteiger partial charge in [0.1, 0.15) is 5.69 Å². The number of hydrogen-bond donors (Lipinski definition) is 9. The molecule has 14 aromatic rings. The molecule has 0 atom stereocenters. The van der Waals surface area contributed by atoms with Crippen molar-refractivity contribution in [2.24, 2.45) is 26.3 Å². The molecule has 2 saturated carbocycles. The van der Waals surface area contributed by atoms with Crippen LogP contribution in [0.2, 0.25) is 0 Å². The van der Waals surface area contributed by atoms with Crippen molar-refractivity contribution < 1.29 is 70.2 Å². The van der Waals surface area contributed by atoms with Crippen LogP contribution in [0.3, 0.4) is 0 Å². The Morgan fingerprint density at radius 3 is 0.992 bits per heavy atom. The minimum absolute atomic E-state index is 0.0120. The number of nitrogens with zero attached hydrogens (tertiary/aromatic N) is 16. The summed E-state index contributed by atoms with van der Waals surface area (Å²) < 4.78 is 209. The second-order valence-corrected chi connectivity index (χ2v) is 27.7. The Bertz CT molecular complexity index is 6170. The highest BCUT2D eigenvalue weighted by Gasteiger charge is 2.34. The number of halogens is 16. The molecule has 16 rings (SSSR count). The fourth-order valence-electron chi connectivity index (χ4n) is 11.3. The number of nitrogens with one attached hydrogen (secondary N) is 9. The van der Waals surface area contributed by atoms with Gasteiger partial charge in [0.2, 0.25) is 23.8 Å². The number of alkyl halides is 12. The Morgan fingerprint density at radius 2 is 0.633 bits per heavy atom. The molecule has 652 valence electrons. The van der Waals surface area contributed by atoms with Gasteiger partial charge in [0.05, 0.1) is 154 Å². The molecule has 0 aliphatic heterocycles. The summed E-state index contributed by atoms with van der Waals surface area (Å²) in [6.45, 7) is 0. The lowest BCUT2D eigenvalue weighted by Gasteiger charge is -2.10. The molecule has 128 heavy (non-hydrogen) atoms. The summed E-state index contributed by atoms with van der Waals surface area (Å²) in [7, 11) is 0. The van der Waals surface area contributed by atoms with E-state index in [4.69, 9.17) is 0 Å². The van der Waals surface area contributed by atoms with Crippen LogP contribution in [-0.4, -0.2) is 84.7 Å². The highest BCUT2D eigenvalue weighted by Crippen LogP contribution is 2.41. The molecule has 2 aliphatic carbocycles. The molecule has 0 spiro atoms. The molecule has 0 amide bonds. The summed E-state index contributed by atoms with van der Waals surface area (Å²) in [5, 5.41) is 30.3. The first-order chi connectivity index (χ1) is 61.5. The lowest BCUT2D eigenvalue weighted by atomic mass is 10.1. The molecule has 25 nitrogen and oxygen atoms in total. The predicted octanol–water partition coefficient (Wildman–Crippen LogP) is 22.1. The van der Waals surface area contributed by atoms with E-state index in [-0.39, 0.29) is 52.6 Å². The second-order valence-electron chi connectivity index (χ2n) is 27.7. The third kappa shape index (κ3) is 27.5. The van der Waals surface area contributed by atoms with Crippen molar-refractivity contribution >= 4 is 106 Å². The third-order valence-corrected chi connectivity index (χ3v) is 17.8. The maximum atomic E-state index is 14.1. The summed E-state index contributed by atoms with van der Waals surface area (Å²) in [5.74, 6) is -0.831. The van der Waals surface area contributed by atoms with Gasteiger partial charge in [-0.1, -0.05) is 72.8 Å². The van der Waals surface area contributed by atoms with E-state index in [1.54, 1.807) is 97.1 Å². The summed E-state index contributed by atoms with van der Waals surface area (Å²) in [6.07, 6.45) is 2.80. The van der Waals surface area contributed by atoms with Gasteiger partial charge < -0.3 is 26.6 Å². The Kier molecular flexibility index (Phi) is 29.1. The number of anilines is 14. The number of rotatable bonds is 26. The molecule has 9 N–H and O–H groups in total. The van der Waals surface area contributed by atoms with E-state index in [1.165, 1.54) is 98.2 Å². The van der Waals surface area contributed by atoms with E-state index < -0.39 is 70.2 Å². The maximum absolute atomic E-state index is 14.1. The van der Waals surface area contributed by atoms with Gasteiger partial charge in [0.15, 0.2) is 29.1 Å². The van der Waals surface area contributed by atoms with Crippen molar-refractivity contribution in [2.75, 3.05) is 48.3 Å². The number of para-hydroxylation sites is 1. The Balaban J connectivity index is 0.000000146. The van der Waals surface area contributed by atoms with Crippen molar-refractivity contribution in [3.8, 4) is 11.3 Å². The van der Waals surface area contributed by atoms with Crippen LogP contribution in [0.5, 0.6) is 0 Å². The highest BCUT2D eigenvalue weighted by atomic mass is 19.4. The zero-order valence-corrected chi connectivity index (χ0v) is 66.0. The zero-order chi connectivity index (χ0) is 90.2. The van der Waals surface area contributed by atoms with Crippen LogP contribution >= 0.6 is 0 Å². The molecule has 0 bridgehead atoms. The summed E-state index contributed by atoms with van der Waals surface area (Å²) in [6, 6.07) is 50.5. The third-order valence-electron chi connectivity index (χ3n) is 17.8. The van der Waals surface area contributed by atoms with Gasteiger partial charge in [-0.05, 0) is 171 Å². The standard InChI is InChI=1S/C23H17F4N7.C23H16F4N6.C21H18F4N6.C20H16F4N6/c24-20-14-29-22(33-21(20)32-16-6-2-1-3-7-16)34-30-13-18-9-10-19(12-28-18)31-17-8-4-5-15(11-17)23(25,26)27;24-20-14-29-22(32-21(20)15-5-2-1-3-6-15)33-30-13-18-9-10-19(12-28-18)31-17-8-4-7-16(11-17)23(25,26)27;22-18-12-27-20(30-19(18)8-13-4-5-13)31-28-11-16-6-7-17(10-26-16)29-15-3-1-2-14(9-15)21(23,24)25;21-17-11-26-19(29-18(17)12-4-5-12)30-27-10-15-6-7-16(9-25-15)28-14-3-1-2-13(8-14)20(22,23)24/h1-14,31H,(H2,29,32,33,34);1-14,31H,(H,29,32,33);1-3,6-7,9-13,29H,4-5,8H2,(H,27,30,31);1-3,6-12,28H,4-5H2,(H,26,29,30)/b2*30-13+;28-11+;27-10+. The quantitative estimate of drug-likeness (QED) is 0.0138. The average Bonchev–Trinajstić information content (AvgIpc) is 1.68. The van der Waals surface area contributed by atoms with Crippen LogP contribution in [0.15, 0.2) is 276 Å². The van der Waals surface area contributed by atoms with Gasteiger partial charge >= 0.3 is 24.7 Å². The van der Waals surface area contributed by atoms with Crippen LogP contribution in [-0.2, 0) is 31.1 Å². The molecular weight excluding hydrogens is 1700 g/mol. The molecule has 2 aliphatic rings.